The van der Waals surface area contributed by atoms with E-state index in [0.29, 0.717) is 6.42 Å². The zero-order valence-electron chi connectivity index (χ0n) is 12.8. The third-order valence-corrected chi connectivity index (χ3v) is 7.15. The van der Waals surface area contributed by atoms with Gasteiger partial charge in [-0.3, -0.25) is 5.01 Å². The van der Waals surface area contributed by atoms with Crippen molar-refractivity contribution in [3.63, 3.8) is 0 Å². The molecule has 2 aromatic heterocycles. The van der Waals surface area contributed by atoms with Crippen LogP contribution in [0.4, 0.5) is 0 Å². The number of rotatable bonds is 3. The van der Waals surface area contributed by atoms with Crippen molar-refractivity contribution in [2.75, 3.05) is 11.5 Å². The summed E-state index contributed by atoms with van der Waals surface area (Å²) >= 11 is 1.69. The molecule has 23 heavy (non-hydrogen) atoms. The molecule has 4 heterocycles. The van der Waals surface area contributed by atoms with Gasteiger partial charge < -0.3 is 4.42 Å². The molecule has 7 heteroatoms. The van der Waals surface area contributed by atoms with Crippen molar-refractivity contribution in [1.29, 1.82) is 0 Å². The Kier molecular flexibility index (Phi) is 3.57. The quantitative estimate of drug-likeness (QED) is 0.854. The molecule has 0 aromatic carbocycles. The fraction of sp³-hybridized carbons (Fsp3) is 0.438. The van der Waals surface area contributed by atoms with Crippen LogP contribution in [0.3, 0.4) is 0 Å². The predicted octanol–water partition coefficient (Wildman–Crippen LogP) is 2.99. The van der Waals surface area contributed by atoms with Gasteiger partial charge in [0.15, 0.2) is 9.84 Å². The summed E-state index contributed by atoms with van der Waals surface area (Å²) in [5.41, 5.74) is 0.904. The van der Waals surface area contributed by atoms with E-state index in [2.05, 4.69) is 6.07 Å². The summed E-state index contributed by atoms with van der Waals surface area (Å²) in [7, 11) is -2.93. The number of nitrogens with zero attached hydrogens (tertiary/aromatic N) is 2. The van der Waals surface area contributed by atoms with Crippen LogP contribution in [0, 0.1) is 6.92 Å². The van der Waals surface area contributed by atoms with Crippen LogP contribution in [0.15, 0.2) is 39.2 Å². The predicted molar refractivity (Wildman–Crippen MR) is 90.6 cm³/mol. The molecule has 0 bridgehead atoms. The highest BCUT2D eigenvalue weighted by Crippen LogP contribution is 2.38. The summed E-state index contributed by atoms with van der Waals surface area (Å²) < 4.78 is 29.4. The van der Waals surface area contributed by atoms with E-state index in [4.69, 9.17) is 9.52 Å². The number of sulfone groups is 1. The molecule has 0 unspecified atom stereocenters. The second-order valence-electron chi connectivity index (χ2n) is 6.13. The van der Waals surface area contributed by atoms with Gasteiger partial charge in [0.05, 0.1) is 23.6 Å². The zero-order valence-corrected chi connectivity index (χ0v) is 14.4. The molecule has 2 aromatic rings. The van der Waals surface area contributed by atoms with Gasteiger partial charge in [-0.2, -0.15) is 5.10 Å². The average Bonchev–Trinajstić information content (AvgIpc) is 3.22. The average molecular weight is 350 g/mol. The van der Waals surface area contributed by atoms with Crippen molar-refractivity contribution >= 4 is 26.9 Å². The Morgan fingerprint density at radius 2 is 2.22 bits per heavy atom. The maximum Gasteiger partial charge on any atom is 0.152 e. The summed E-state index contributed by atoms with van der Waals surface area (Å²) in [5.74, 6) is 2.10. The van der Waals surface area contributed by atoms with E-state index in [1.54, 1.807) is 11.3 Å². The topological polar surface area (TPSA) is 62.9 Å². The molecule has 1 saturated heterocycles. The summed E-state index contributed by atoms with van der Waals surface area (Å²) in [4.78, 5) is 1.22. The van der Waals surface area contributed by atoms with Crippen LogP contribution in [-0.4, -0.2) is 36.7 Å². The lowest BCUT2D eigenvalue weighted by Gasteiger charge is -2.27. The standard InChI is InChI=1S/C16H18N2O3S2/c1-11-4-5-15(21-11)13-9-14(16-3-2-7-22-16)18(17-13)12-6-8-23(19,20)10-12/h2-5,7,12,14H,6,8-10H2,1H3/t12-,14-/m1/s1. The van der Waals surface area contributed by atoms with Crippen LogP contribution in [-0.2, 0) is 9.84 Å². The third-order valence-electron chi connectivity index (χ3n) is 4.42. The zero-order chi connectivity index (χ0) is 16.0. The molecule has 0 aliphatic carbocycles. The lowest BCUT2D eigenvalue weighted by molar-refractivity contribution is 0.178. The lowest BCUT2D eigenvalue weighted by atomic mass is 10.1. The lowest BCUT2D eigenvalue weighted by Crippen LogP contribution is -2.32. The molecular weight excluding hydrogens is 332 g/mol. The highest BCUT2D eigenvalue weighted by atomic mass is 32.2. The highest BCUT2D eigenvalue weighted by molar-refractivity contribution is 7.91. The summed E-state index contributed by atoms with van der Waals surface area (Å²) in [6, 6.07) is 8.06. The van der Waals surface area contributed by atoms with Crippen LogP contribution in [0.25, 0.3) is 0 Å². The van der Waals surface area contributed by atoms with Gasteiger partial charge in [0, 0.05) is 11.3 Å². The van der Waals surface area contributed by atoms with Crippen molar-refractivity contribution in [1.82, 2.24) is 5.01 Å². The Bertz CT molecular complexity index is 837. The molecule has 2 atom stereocenters. The van der Waals surface area contributed by atoms with Crippen molar-refractivity contribution in [2.45, 2.75) is 31.8 Å². The van der Waals surface area contributed by atoms with Gasteiger partial charge in [-0.05, 0) is 36.9 Å². The molecule has 0 spiro atoms. The number of hydrogen-bond donors (Lipinski definition) is 0. The molecule has 0 saturated carbocycles. The summed E-state index contributed by atoms with van der Waals surface area (Å²) in [6.07, 6.45) is 1.40. The number of hydrogen-bond acceptors (Lipinski definition) is 6. The first-order valence-corrected chi connectivity index (χ1v) is 10.4. The van der Waals surface area contributed by atoms with E-state index in [0.717, 1.165) is 23.7 Å². The minimum Gasteiger partial charge on any atom is -0.460 e. The van der Waals surface area contributed by atoms with E-state index in [1.165, 1.54) is 4.88 Å². The minimum absolute atomic E-state index is 0.0411. The Morgan fingerprint density at radius 3 is 2.83 bits per heavy atom. The van der Waals surface area contributed by atoms with Gasteiger partial charge in [-0.1, -0.05) is 6.07 Å². The molecule has 2 aliphatic rings. The molecule has 122 valence electrons. The molecule has 2 aliphatic heterocycles. The number of thiophene rings is 1. The van der Waals surface area contributed by atoms with Crippen LogP contribution in [0.5, 0.6) is 0 Å². The first kappa shape index (κ1) is 15.0. The van der Waals surface area contributed by atoms with Gasteiger partial charge in [-0.15, -0.1) is 11.3 Å². The Morgan fingerprint density at radius 1 is 1.35 bits per heavy atom. The fourth-order valence-corrected chi connectivity index (χ4v) is 5.82. The maximum atomic E-state index is 11.9. The van der Waals surface area contributed by atoms with Gasteiger partial charge in [0.2, 0.25) is 0 Å². The monoisotopic (exact) mass is 350 g/mol. The maximum absolute atomic E-state index is 11.9. The van der Waals surface area contributed by atoms with E-state index < -0.39 is 9.84 Å². The number of hydrazone groups is 1. The molecule has 0 amide bonds. The van der Waals surface area contributed by atoms with E-state index >= 15 is 0 Å². The van der Waals surface area contributed by atoms with Crippen LogP contribution in [0.2, 0.25) is 0 Å². The normalized spacial score (nSPS) is 26.7. The molecule has 4 rings (SSSR count). The Hall–Kier alpha value is -1.60. The first-order valence-electron chi connectivity index (χ1n) is 7.68. The van der Waals surface area contributed by atoms with Gasteiger partial charge in [-0.25, -0.2) is 8.42 Å². The Balaban J connectivity index is 1.68. The summed E-state index contributed by atoms with van der Waals surface area (Å²) in [5, 5.41) is 8.81. The van der Waals surface area contributed by atoms with Crippen molar-refractivity contribution < 1.29 is 12.8 Å². The van der Waals surface area contributed by atoms with E-state index in [1.807, 2.05) is 35.5 Å². The molecule has 0 radical (unpaired) electrons. The molecule has 1 fully saturated rings. The number of furan rings is 1. The highest BCUT2D eigenvalue weighted by Gasteiger charge is 2.40. The van der Waals surface area contributed by atoms with Crippen LogP contribution < -0.4 is 0 Å². The summed E-state index contributed by atoms with van der Waals surface area (Å²) in [6.45, 7) is 1.91. The van der Waals surface area contributed by atoms with Gasteiger partial charge in [0.1, 0.15) is 17.2 Å². The Labute approximate surface area is 139 Å². The second kappa shape index (κ2) is 5.49. The minimum atomic E-state index is -2.93. The fourth-order valence-electron chi connectivity index (χ4n) is 3.30. The second-order valence-corrected chi connectivity index (χ2v) is 9.34. The first-order chi connectivity index (χ1) is 11.0. The molecule has 0 N–H and O–H groups in total. The van der Waals surface area contributed by atoms with Crippen molar-refractivity contribution in [3.05, 3.63) is 46.0 Å². The number of aryl methyl sites for hydroxylation is 1. The largest absolute Gasteiger partial charge is 0.460 e. The van der Waals surface area contributed by atoms with Crippen LogP contribution in [0.1, 0.15) is 35.3 Å². The van der Waals surface area contributed by atoms with Gasteiger partial charge in [0.25, 0.3) is 0 Å². The smallest absolute Gasteiger partial charge is 0.152 e. The third kappa shape index (κ3) is 2.83. The molecule has 5 nitrogen and oxygen atoms in total. The van der Waals surface area contributed by atoms with E-state index in [9.17, 15) is 8.42 Å². The molecular formula is C16H18N2O3S2. The SMILES string of the molecule is Cc1ccc(C2=NN([C@@H]3CCS(=O)(=O)C3)[C@@H](c3cccs3)C2)o1. The van der Waals surface area contributed by atoms with E-state index in [-0.39, 0.29) is 23.6 Å². The van der Waals surface area contributed by atoms with Crippen molar-refractivity contribution in [3.8, 4) is 0 Å². The van der Waals surface area contributed by atoms with Gasteiger partial charge >= 0.3 is 0 Å². The van der Waals surface area contributed by atoms with Crippen molar-refractivity contribution in [2.24, 2.45) is 5.10 Å². The van der Waals surface area contributed by atoms with Crippen LogP contribution >= 0.6 is 11.3 Å².